The summed E-state index contributed by atoms with van der Waals surface area (Å²) in [4.78, 5) is 49.2. The average molecular weight is 924 g/mol. The third-order valence-electron chi connectivity index (χ3n) is 7.27. The number of pyridine rings is 1. The number of aromatic nitrogens is 1. The van der Waals surface area contributed by atoms with Crippen LogP contribution >= 0.6 is 0 Å². The van der Waals surface area contributed by atoms with Gasteiger partial charge in [0.05, 0.1) is 25.6 Å². The molecule has 0 bridgehead atoms. The summed E-state index contributed by atoms with van der Waals surface area (Å²) in [7, 11) is 7.59. The first-order valence-electron chi connectivity index (χ1n) is 16.4. The normalized spacial score (nSPS) is 13.8. The monoisotopic (exact) mass is 923 g/mol. The van der Waals surface area contributed by atoms with Crippen LogP contribution in [0.1, 0.15) is 65.9 Å². The molecule has 296 valence electrons. The number of methoxy groups -OCH3 is 2. The Morgan fingerprint density at radius 3 is 1.70 bits per heavy atom. The molecular weight excluding hydrogens is 872 g/mol. The van der Waals surface area contributed by atoms with Gasteiger partial charge in [0.25, 0.3) is 5.56 Å². The zero-order valence-corrected chi connectivity index (χ0v) is 34.4. The summed E-state index contributed by atoms with van der Waals surface area (Å²) in [6.07, 6.45) is 2.05. The Bertz CT molecular complexity index is 1780. The van der Waals surface area contributed by atoms with Crippen LogP contribution in [0.3, 0.4) is 0 Å². The molecule has 1 atom stereocenters. The van der Waals surface area contributed by atoms with Crippen LogP contribution in [-0.2, 0) is 46.6 Å². The number of carbonyl (C=O) groups is 3. The number of aliphatic hydroxyl groups excluding tert-OH is 1. The van der Waals surface area contributed by atoms with E-state index in [2.05, 4.69) is 10.6 Å². The molecule has 16 heteroatoms. The Labute approximate surface area is 319 Å². The number of aryl methyl sites for hydroxylation is 1. The van der Waals surface area contributed by atoms with Crippen LogP contribution < -0.4 is 25.7 Å². The topological polar surface area (TPSA) is 192 Å². The van der Waals surface area contributed by atoms with Crippen LogP contribution in [0.25, 0.3) is 11.1 Å². The molecule has 53 heavy (non-hydrogen) atoms. The first kappa shape index (κ1) is 46.3. The second kappa shape index (κ2) is 21.7. The Morgan fingerprint density at radius 1 is 0.774 bits per heavy atom. The van der Waals surface area contributed by atoms with Crippen molar-refractivity contribution >= 4 is 29.5 Å². The van der Waals surface area contributed by atoms with Crippen LogP contribution in [-0.4, -0.2) is 78.8 Å². The van der Waals surface area contributed by atoms with Crippen molar-refractivity contribution in [3.8, 4) is 22.6 Å². The Morgan fingerprint density at radius 2 is 1.25 bits per heavy atom. The van der Waals surface area contributed by atoms with Gasteiger partial charge in [-0.2, -0.15) is 0 Å². The molecule has 1 aliphatic rings. The van der Waals surface area contributed by atoms with Crippen LogP contribution in [0, 0.1) is 0 Å². The number of ether oxygens (including phenoxy) is 4. The Kier molecular flexibility index (Phi) is 18.9. The quantitative estimate of drug-likeness (QED) is 0.257. The summed E-state index contributed by atoms with van der Waals surface area (Å²) >= 11 is -1.92. The van der Waals surface area contributed by atoms with E-state index in [0.29, 0.717) is 29.3 Å². The number of hydrogen-bond acceptors (Lipinski definition) is 11. The van der Waals surface area contributed by atoms with E-state index in [1.165, 1.54) is 11.7 Å². The number of carbonyl (C=O) groups excluding carboxylic acids is 3. The average Bonchev–Trinajstić information content (AvgIpc) is 3.07. The maximum atomic E-state index is 11.9. The van der Waals surface area contributed by atoms with Crippen molar-refractivity contribution in [2.24, 2.45) is 7.05 Å². The summed E-state index contributed by atoms with van der Waals surface area (Å²) in [5, 5.41) is 12.4. The molecule has 1 unspecified atom stereocenters. The van der Waals surface area contributed by atoms with Gasteiger partial charge in [0.2, 0.25) is 5.91 Å². The summed E-state index contributed by atoms with van der Waals surface area (Å²) in [6, 6.07) is 14.3. The number of hydrogen-bond donors (Lipinski definition) is 3. The standard InChI is InChI=1S/C18H26N2O4.C18H22N2O4.CH4O.2O.Pt/c2*1-18(2,3)24-17(22)19-14-7-6-12(10-15(14)23-5)13-8-9-20(4)16(21)11-13;1-2;;;/h6-7,10,13H,8-9,11H2,1-5H3,(H,19,22);6-11H,1-5H3,(H,19,22);2H,1H3;;;. The van der Waals surface area contributed by atoms with Gasteiger partial charge in [-0.15, -0.1) is 0 Å². The maximum absolute atomic E-state index is 11.9. The van der Waals surface area contributed by atoms with Crippen molar-refractivity contribution in [2.75, 3.05) is 45.6 Å². The van der Waals surface area contributed by atoms with Gasteiger partial charge in [-0.1, -0.05) is 12.1 Å². The summed E-state index contributed by atoms with van der Waals surface area (Å²) < 4.78 is 39.7. The predicted octanol–water partition coefficient (Wildman–Crippen LogP) is 6.15. The Balaban J connectivity index is 0.000000473. The van der Waals surface area contributed by atoms with Gasteiger partial charge in [0.15, 0.2) is 0 Å². The van der Waals surface area contributed by atoms with E-state index in [1.54, 1.807) is 70.3 Å². The predicted molar refractivity (Wildman–Crippen MR) is 196 cm³/mol. The molecule has 3 amide bonds. The first-order chi connectivity index (χ1) is 24.8. The van der Waals surface area contributed by atoms with Crippen LogP contribution in [0.5, 0.6) is 11.5 Å². The molecule has 0 aliphatic carbocycles. The molecule has 4 rings (SSSR count). The number of benzene rings is 2. The van der Waals surface area contributed by atoms with Crippen LogP contribution in [0.2, 0.25) is 0 Å². The van der Waals surface area contributed by atoms with E-state index >= 15 is 0 Å². The van der Waals surface area contributed by atoms with E-state index in [4.69, 9.17) is 30.8 Å². The van der Waals surface area contributed by atoms with Crippen molar-refractivity contribution in [3.63, 3.8) is 0 Å². The van der Waals surface area contributed by atoms with E-state index in [-0.39, 0.29) is 17.4 Å². The van der Waals surface area contributed by atoms with Gasteiger partial charge >= 0.3 is 37.5 Å². The number of anilines is 2. The fourth-order valence-corrected chi connectivity index (χ4v) is 4.82. The van der Waals surface area contributed by atoms with Crippen molar-refractivity contribution in [1.82, 2.24) is 9.47 Å². The molecule has 1 saturated heterocycles. The van der Waals surface area contributed by atoms with Crippen molar-refractivity contribution in [2.45, 2.75) is 71.5 Å². The molecule has 2 aromatic carbocycles. The number of rotatable bonds is 6. The minimum absolute atomic E-state index is 0.0950. The van der Waals surface area contributed by atoms with Gasteiger partial charge in [-0.25, -0.2) is 9.59 Å². The number of aliphatic hydroxyl groups is 1. The molecule has 1 aliphatic heterocycles. The fourth-order valence-electron chi connectivity index (χ4n) is 4.82. The van der Waals surface area contributed by atoms with Crippen molar-refractivity contribution < 1.29 is 63.7 Å². The number of piperidine rings is 1. The molecular formula is C37H52N4O11Pt. The van der Waals surface area contributed by atoms with Crippen LogP contribution in [0.4, 0.5) is 21.0 Å². The van der Waals surface area contributed by atoms with Gasteiger partial charge in [-0.3, -0.25) is 20.2 Å². The number of nitrogens with zero attached hydrogens (tertiary/aromatic N) is 2. The summed E-state index contributed by atoms with van der Waals surface area (Å²) in [5.74, 6) is 1.38. The Hall–Kier alpha value is -4.75. The third kappa shape index (κ3) is 16.2. The molecule has 2 heterocycles. The number of nitrogens with one attached hydrogen (secondary N) is 2. The summed E-state index contributed by atoms with van der Waals surface area (Å²) in [6.45, 7) is 11.6. The fraction of sp³-hybridized carbons (Fsp3) is 0.459. The molecule has 1 fully saturated rings. The zero-order chi connectivity index (χ0) is 40.5. The SMILES string of the molecule is CO.COc1cc(-c2ccn(C)c(=O)c2)ccc1NC(=O)OC(C)(C)C.COc1cc(C2CCN(C)C(=O)C2)ccc1NC(=O)OC(C)(C)C.[O]=[Pt]=[O]. The molecule has 3 N–H and O–H groups in total. The van der Waals surface area contributed by atoms with Gasteiger partial charge in [-0.05, 0) is 101 Å². The van der Waals surface area contributed by atoms with Gasteiger partial charge in [0.1, 0.15) is 22.7 Å². The molecule has 0 saturated carbocycles. The molecule has 0 radical (unpaired) electrons. The molecule has 15 nitrogen and oxygen atoms in total. The van der Waals surface area contributed by atoms with Crippen molar-refractivity contribution in [3.05, 3.63) is 70.6 Å². The number of amides is 3. The van der Waals surface area contributed by atoms with Crippen molar-refractivity contribution in [1.29, 1.82) is 0 Å². The summed E-state index contributed by atoms with van der Waals surface area (Å²) in [5.41, 5.74) is 2.45. The molecule has 1 aromatic heterocycles. The van der Waals surface area contributed by atoms with E-state index in [9.17, 15) is 19.2 Å². The molecule has 3 aromatic rings. The third-order valence-corrected chi connectivity index (χ3v) is 7.27. The second-order valence-corrected chi connectivity index (χ2v) is 13.9. The second-order valence-electron chi connectivity index (χ2n) is 13.6. The van der Waals surface area contributed by atoms with E-state index in [0.717, 1.165) is 36.8 Å². The number of likely N-dealkylation sites (tertiary alicyclic amines) is 1. The van der Waals surface area contributed by atoms with Gasteiger partial charge in [0, 0.05) is 46.4 Å². The van der Waals surface area contributed by atoms with E-state index < -0.39 is 41.9 Å². The van der Waals surface area contributed by atoms with Gasteiger partial charge < -0.3 is 33.5 Å². The van der Waals surface area contributed by atoms with Crippen LogP contribution in [0.15, 0.2) is 59.5 Å². The zero-order valence-electron chi connectivity index (χ0n) is 32.1. The van der Waals surface area contributed by atoms with E-state index in [1.807, 2.05) is 52.1 Å². The molecule has 0 spiro atoms. The first-order valence-corrected chi connectivity index (χ1v) is 18.2. The minimum atomic E-state index is -1.92.